The molecule has 4 nitrogen and oxygen atoms in total. The highest BCUT2D eigenvalue weighted by atomic mass is 79.9. The van der Waals surface area contributed by atoms with Crippen molar-refractivity contribution in [2.45, 2.75) is 37.4 Å². The predicted octanol–water partition coefficient (Wildman–Crippen LogP) is 3.24. The first-order valence-electron chi connectivity index (χ1n) is 6.94. The number of fused-ring (bicyclic) bond motifs is 3. The fourth-order valence-electron chi connectivity index (χ4n) is 3.37. The van der Waals surface area contributed by atoms with Gasteiger partial charge in [0.25, 0.3) is 5.91 Å². The van der Waals surface area contributed by atoms with Crippen molar-refractivity contribution in [2.24, 2.45) is 0 Å². The van der Waals surface area contributed by atoms with Crippen molar-refractivity contribution in [3.63, 3.8) is 0 Å². The summed E-state index contributed by atoms with van der Waals surface area (Å²) in [6.07, 6.45) is 5.10. The van der Waals surface area contributed by atoms with Gasteiger partial charge in [0.1, 0.15) is 11.8 Å². The number of hydrogen-bond acceptors (Lipinski definition) is 3. The Balaban J connectivity index is 0.00000132. The Bertz CT molecular complexity index is 687. The van der Waals surface area contributed by atoms with E-state index >= 15 is 0 Å². The van der Waals surface area contributed by atoms with Crippen molar-refractivity contribution in [1.82, 2.24) is 10.6 Å². The third-order valence-electron chi connectivity index (χ3n) is 4.40. The average molecular weight is 372 g/mol. The number of rotatable bonds is 2. The molecule has 0 spiro atoms. The van der Waals surface area contributed by atoms with Crippen LogP contribution in [-0.4, -0.2) is 24.0 Å². The molecule has 4 rings (SSSR count). The van der Waals surface area contributed by atoms with E-state index in [1.165, 1.54) is 12.8 Å². The lowest BCUT2D eigenvalue weighted by Crippen LogP contribution is -2.42. The summed E-state index contributed by atoms with van der Waals surface area (Å²) in [4.78, 5) is 12.4. The van der Waals surface area contributed by atoms with Crippen molar-refractivity contribution in [3.8, 4) is 0 Å². The number of furan rings is 1. The second-order valence-electron chi connectivity index (χ2n) is 5.66. The number of carbonyl (C=O) groups is 1. The van der Waals surface area contributed by atoms with Crippen LogP contribution in [0.1, 0.15) is 29.6 Å². The van der Waals surface area contributed by atoms with Crippen LogP contribution in [0.15, 0.2) is 33.4 Å². The highest BCUT2D eigenvalue weighted by molar-refractivity contribution is 9.10. The fraction of sp³-hybridized carbons (Fsp3) is 0.400. The molecular weight excluding hydrogens is 356 g/mol. The molecule has 2 N–H and O–H groups in total. The van der Waals surface area contributed by atoms with Gasteiger partial charge in [0.15, 0.2) is 0 Å². The maximum Gasteiger partial charge on any atom is 0.251 e. The van der Waals surface area contributed by atoms with Crippen molar-refractivity contribution in [1.29, 1.82) is 0 Å². The third-order valence-corrected chi connectivity index (χ3v) is 5.02. The van der Waals surface area contributed by atoms with E-state index in [4.69, 9.17) is 4.42 Å². The molecule has 2 aliphatic heterocycles. The summed E-state index contributed by atoms with van der Waals surface area (Å²) < 4.78 is 6.25. The Labute approximate surface area is 137 Å². The number of hydrogen-bond donors (Lipinski definition) is 2. The van der Waals surface area contributed by atoms with Gasteiger partial charge >= 0.3 is 0 Å². The maximum absolute atomic E-state index is 12.4. The molecule has 2 fully saturated rings. The fourth-order valence-corrected chi connectivity index (χ4v) is 3.78. The zero-order valence-electron chi connectivity index (χ0n) is 11.3. The van der Waals surface area contributed by atoms with Crippen molar-refractivity contribution in [3.05, 3.63) is 34.5 Å². The normalized spacial score (nSPS) is 26.8. The van der Waals surface area contributed by atoms with Gasteiger partial charge in [0.05, 0.1) is 4.47 Å². The molecule has 2 aliphatic rings. The van der Waals surface area contributed by atoms with Crippen LogP contribution >= 0.6 is 28.3 Å². The van der Waals surface area contributed by atoms with Gasteiger partial charge < -0.3 is 15.1 Å². The molecule has 1 aromatic carbocycles. The molecule has 0 aliphatic carbocycles. The summed E-state index contributed by atoms with van der Waals surface area (Å²) in [5, 5.41) is 7.62. The van der Waals surface area contributed by atoms with E-state index in [2.05, 4.69) is 26.6 Å². The highest BCUT2D eigenvalue weighted by Gasteiger charge is 2.39. The highest BCUT2D eigenvalue weighted by Crippen LogP contribution is 2.29. The molecule has 0 saturated carbocycles. The van der Waals surface area contributed by atoms with Crippen LogP contribution in [0.3, 0.4) is 0 Å². The van der Waals surface area contributed by atoms with Crippen LogP contribution in [-0.2, 0) is 0 Å². The Hall–Kier alpha value is -1.04. The van der Waals surface area contributed by atoms with Crippen molar-refractivity contribution >= 4 is 45.2 Å². The van der Waals surface area contributed by atoms with Gasteiger partial charge in [-0.15, -0.1) is 12.4 Å². The van der Waals surface area contributed by atoms with Crippen molar-refractivity contribution < 1.29 is 9.21 Å². The number of halogens is 2. The zero-order valence-corrected chi connectivity index (χ0v) is 13.7. The summed E-state index contributed by atoms with van der Waals surface area (Å²) in [6.45, 7) is 0. The molecular formula is C15H16BrClN2O2. The molecule has 2 unspecified atom stereocenters. The zero-order chi connectivity index (χ0) is 13.7. The van der Waals surface area contributed by atoms with Crippen LogP contribution in [0.2, 0.25) is 0 Å². The Kier molecular flexibility index (Phi) is 3.99. The van der Waals surface area contributed by atoms with Crippen LogP contribution in [0.25, 0.3) is 11.0 Å². The summed E-state index contributed by atoms with van der Waals surface area (Å²) in [5.41, 5.74) is 1.47. The largest absolute Gasteiger partial charge is 0.463 e. The summed E-state index contributed by atoms with van der Waals surface area (Å²) in [7, 11) is 0. The van der Waals surface area contributed by atoms with E-state index < -0.39 is 0 Å². The average Bonchev–Trinajstić information content (AvgIpc) is 3.15. The molecule has 6 heteroatoms. The van der Waals surface area contributed by atoms with Gasteiger partial charge in [0.2, 0.25) is 0 Å². The SMILES string of the molecule is Cl.O=C(N[C@@H]1CC2CCC1N2)c1ccc2occ(Br)c2c1. The van der Waals surface area contributed by atoms with Gasteiger partial charge in [-0.05, 0) is 53.4 Å². The number of carbonyl (C=O) groups excluding carboxylic acids is 1. The van der Waals surface area contributed by atoms with E-state index in [9.17, 15) is 4.79 Å². The molecule has 2 saturated heterocycles. The maximum atomic E-state index is 12.4. The first-order chi connectivity index (χ1) is 9.70. The summed E-state index contributed by atoms with van der Waals surface area (Å²) in [5.74, 6) is -0.000602. The van der Waals surface area contributed by atoms with Gasteiger partial charge in [0, 0.05) is 29.1 Å². The minimum Gasteiger partial charge on any atom is -0.463 e. The van der Waals surface area contributed by atoms with Gasteiger partial charge in [-0.2, -0.15) is 0 Å². The van der Waals surface area contributed by atoms with Gasteiger partial charge in [-0.1, -0.05) is 0 Å². The molecule has 3 atom stereocenters. The van der Waals surface area contributed by atoms with E-state index in [0.29, 0.717) is 17.6 Å². The lowest BCUT2D eigenvalue weighted by molar-refractivity contribution is 0.0931. The number of amides is 1. The quantitative estimate of drug-likeness (QED) is 0.852. The second kappa shape index (κ2) is 5.63. The predicted molar refractivity (Wildman–Crippen MR) is 87.0 cm³/mol. The molecule has 112 valence electrons. The first-order valence-corrected chi connectivity index (χ1v) is 7.73. The smallest absolute Gasteiger partial charge is 0.251 e. The molecule has 21 heavy (non-hydrogen) atoms. The topological polar surface area (TPSA) is 54.3 Å². The third kappa shape index (κ3) is 2.58. The molecule has 2 aromatic rings. The monoisotopic (exact) mass is 370 g/mol. The Morgan fingerprint density at radius 1 is 1.38 bits per heavy atom. The van der Waals surface area contributed by atoms with Gasteiger partial charge in [-0.25, -0.2) is 0 Å². The van der Waals surface area contributed by atoms with Crippen molar-refractivity contribution in [2.75, 3.05) is 0 Å². The molecule has 2 bridgehead atoms. The number of benzene rings is 1. The summed E-state index contributed by atoms with van der Waals surface area (Å²) in [6, 6.07) is 6.84. The Morgan fingerprint density at radius 2 is 2.24 bits per heavy atom. The van der Waals surface area contributed by atoms with E-state index in [-0.39, 0.29) is 24.4 Å². The molecule has 1 aromatic heterocycles. The molecule has 3 heterocycles. The van der Waals surface area contributed by atoms with Crippen LogP contribution in [0.5, 0.6) is 0 Å². The molecule has 1 amide bonds. The van der Waals surface area contributed by atoms with Crippen LogP contribution < -0.4 is 10.6 Å². The van der Waals surface area contributed by atoms with E-state index in [1.54, 1.807) is 6.26 Å². The van der Waals surface area contributed by atoms with E-state index in [0.717, 1.165) is 21.9 Å². The Morgan fingerprint density at radius 3 is 2.95 bits per heavy atom. The minimum atomic E-state index is -0.000602. The second-order valence-corrected chi connectivity index (χ2v) is 6.51. The number of nitrogens with one attached hydrogen (secondary N) is 2. The van der Waals surface area contributed by atoms with Crippen LogP contribution in [0.4, 0.5) is 0 Å². The van der Waals surface area contributed by atoms with Gasteiger partial charge in [-0.3, -0.25) is 4.79 Å². The van der Waals surface area contributed by atoms with Crippen LogP contribution in [0, 0.1) is 0 Å². The minimum absolute atomic E-state index is 0. The lowest BCUT2D eigenvalue weighted by atomic mass is 9.95. The summed E-state index contributed by atoms with van der Waals surface area (Å²) >= 11 is 3.43. The molecule has 0 radical (unpaired) electrons. The first kappa shape index (κ1) is 14.9. The standard InChI is InChI=1S/C15H15BrN2O2.ClH/c16-11-7-20-14-4-1-8(5-10(11)14)15(19)18-13-6-9-2-3-12(13)17-9;/h1,4-5,7,9,12-13,17H,2-3,6H2,(H,18,19);1H/t9?,12?,13-;/m1./s1. The van der Waals surface area contributed by atoms with E-state index in [1.807, 2.05) is 18.2 Å². The lowest BCUT2D eigenvalue weighted by Gasteiger charge is -2.21.